The fourth-order valence-electron chi connectivity index (χ4n) is 2.62. The maximum Gasteiger partial charge on any atom is 0.338 e. The first-order valence-electron chi connectivity index (χ1n) is 7.82. The van der Waals surface area contributed by atoms with Crippen molar-refractivity contribution < 1.29 is 19.6 Å². The Labute approximate surface area is 150 Å². The van der Waals surface area contributed by atoms with E-state index in [-0.39, 0.29) is 6.61 Å². The van der Waals surface area contributed by atoms with Gasteiger partial charge in [-0.15, -0.1) is 0 Å². The third-order valence-corrected chi connectivity index (χ3v) is 3.88. The molecule has 0 saturated carbocycles. The highest BCUT2D eigenvalue weighted by Crippen LogP contribution is 2.33. The van der Waals surface area contributed by atoms with Crippen molar-refractivity contribution in [3.05, 3.63) is 45.1 Å². The van der Waals surface area contributed by atoms with Gasteiger partial charge in [-0.3, -0.25) is 10.1 Å². The molecule has 0 amide bonds. The zero-order valence-electron chi connectivity index (χ0n) is 13.8. The number of nitrogens with one attached hydrogen (secondary N) is 2. The third-order valence-electron chi connectivity index (χ3n) is 3.66. The van der Waals surface area contributed by atoms with Crippen molar-refractivity contribution in [3.8, 4) is 5.75 Å². The molecule has 2 N–H and O–H groups in total. The zero-order valence-corrected chi connectivity index (χ0v) is 14.6. The number of allylic oxidation sites excluding steroid dienone is 1. The van der Waals surface area contributed by atoms with E-state index < -0.39 is 28.4 Å². The largest absolute Gasteiger partial charge is 0.868 e. The van der Waals surface area contributed by atoms with Gasteiger partial charge in [-0.2, -0.15) is 0 Å². The van der Waals surface area contributed by atoms with Crippen LogP contribution in [0.2, 0.25) is 0 Å². The first-order chi connectivity index (χ1) is 11.9. The molecule has 0 bridgehead atoms. The van der Waals surface area contributed by atoms with Gasteiger partial charge >= 0.3 is 5.97 Å². The number of nitrogens with zero attached hydrogens (tertiary/aromatic N) is 1. The number of ether oxygens (including phenoxy) is 1. The Hall–Kier alpha value is -2.68. The van der Waals surface area contributed by atoms with Crippen LogP contribution in [0, 0.1) is 10.1 Å². The standard InChI is InChI=1S/C16H19N3O5S/c1-3-5-10-13(15(21)24-4-2)14(18-16(25)17-10)9-6-7-12(20)11(8-9)19(22)23/h6-8,14,20H,3-5H2,1-2H3,(H2,17,18,25)/p-1/t14-/m1/s1. The van der Waals surface area contributed by atoms with Crippen LogP contribution in [0.15, 0.2) is 29.5 Å². The molecule has 0 saturated heterocycles. The minimum absolute atomic E-state index is 0.193. The normalized spacial score (nSPS) is 16.9. The van der Waals surface area contributed by atoms with Crippen LogP contribution in [0.5, 0.6) is 5.75 Å². The molecule has 1 atom stereocenters. The Morgan fingerprint density at radius 2 is 2.12 bits per heavy atom. The SMILES string of the molecule is CCCC1=C(C(=O)OCC)[C@@H](c2ccc([O-])c([N+](=O)[O-])c2)NC(=S)N1. The van der Waals surface area contributed by atoms with E-state index in [4.69, 9.17) is 17.0 Å². The van der Waals surface area contributed by atoms with Gasteiger partial charge in [0.2, 0.25) is 0 Å². The molecule has 8 nitrogen and oxygen atoms in total. The average molecular weight is 364 g/mol. The summed E-state index contributed by atoms with van der Waals surface area (Å²) in [6.07, 6.45) is 1.33. The number of benzene rings is 1. The van der Waals surface area contributed by atoms with Crippen molar-refractivity contribution in [2.45, 2.75) is 32.7 Å². The molecule has 0 aromatic heterocycles. The number of hydrogen-bond donors (Lipinski definition) is 2. The van der Waals surface area contributed by atoms with E-state index in [0.29, 0.717) is 28.4 Å². The lowest BCUT2D eigenvalue weighted by Crippen LogP contribution is -2.45. The summed E-state index contributed by atoms with van der Waals surface area (Å²) in [4.78, 5) is 22.8. The zero-order chi connectivity index (χ0) is 18.6. The molecule has 0 radical (unpaired) electrons. The van der Waals surface area contributed by atoms with E-state index in [1.54, 1.807) is 6.92 Å². The number of esters is 1. The number of rotatable bonds is 6. The minimum atomic E-state index is -0.744. The van der Waals surface area contributed by atoms with Crippen LogP contribution < -0.4 is 15.7 Å². The van der Waals surface area contributed by atoms with Crippen LogP contribution in [0.1, 0.15) is 38.3 Å². The van der Waals surface area contributed by atoms with Crippen LogP contribution in [0.4, 0.5) is 5.69 Å². The quantitative estimate of drug-likeness (QED) is 0.340. The molecule has 134 valence electrons. The summed E-state index contributed by atoms with van der Waals surface area (Å²) in [6, 6.07) is 3.00. The Kier molecular flexibility index (Phi) is 5.92. The Bertz CT molecular complexity index is 747. The second-order valence-electron chi connectivity index (χ2n) is 5.38. The van der Waals surface area contributed by atoms with Gasteiger partial charge in [0.05, 0.1) is 23.1 Å². The first kappa shape index (κ1) is 18.7. The molecule has 1 aromatic rings. The van der Waals surface area contributed by atoms with Crippen LogP contribution in [0.25, 0.3) is 0 Å². The van der Waals surface area contributed by atoms with E-state index in [0.717, 1.165) is 18.6 Å². The molecule has 0 unspecified atom stereocenters. The predicted octanol–water partition coefficient (Wildman–Crippen LogP) is 1.80. The Balaban J connectivity index is 2.57. The summed E-state index contributed by atoms with van der Waals surface area (Å²) in [6.45, 7) is 3.84. The maximum atomic E-state index is 12.5. The molecule has 0 aliphatic carbocycles. The second kappa shape index (κ2) is 7.93. The van der Waals surface area contributed by atoms with Crippen LogP contribution in [-0.4, -0.2) is 22.6 Å². The Morgan fingerprint density at radius 1 is 1.40 bits per heavy atom. The predicted molar refractivity (Wildman–Crippen MR) is 92.7 cm³/mol. The number of nitro groups is 1. The third kappa shape index (κ3) is 4.05. The number of carbonyl (C=O) groups is 1. The highest BCUT2D eigenvalue weighted by Gasteiger charge is 2.32. The lowest BCUT2D eigenvalue weighted by molar-refractivity contribution is -0.398. The highest BCUT2D eigenvalue weighted by molar-refractivity contribution is 7.80. The molecule has 0 fully saturated rings. The van der Waals surface area contributed by atoms with Crippen molar-refractivity contribution >= 4 is 29.0 Å². The van der Waals surface area contributed by atoms with Crippen molar-refractivity contribution in [2.75, 3.05) is 6.61 Å². The number of thiocarbonyl (C=S) groups is 1. The molecule has 1 aromatic carbocycles. The van der Waals surface area contributed by atoms with E-state index in [1.165, 1.54) is 6.07 Å². The molecule has 1 heterocycles. The summed E-state index contributed by atoms with van der Waals surface area (Å²) in [7, 11) is 0. The smallest absolute Gasteiger partial charge is 0.338 e. The van der Waals surface area contributed by atoms with E-state index in [1.807, 2.05) is 6.92 Å². The van der Waals surface area contributed by atoms with Gasteiger partial charge in [0.15, 0.2) is 5.11 Å². The van der Waals surface area contributed by atoms with Crippen molar-refractivity contribution in [2.24, 2.45) is 0 Å². The van der Waals surface area contributed by atoms with Crippen LogP contribution >= 0.6 is 12.2 Å². The summed E-state index contributed by atoms with van der Waals surface area (Å²) in [5.74, 6) is -1.23. The van der Waals surface area contributed by atoms with Gasteiger partial charge < -0.3 is 20.5 Å². The molecule has 2 rings (SSSR count). The average Bonchev–Trinajstić information content (AvgIpc) is 2.55. The van der Waals surface area contributed by atoms with Gasteiger partial charge in [0.25, 0.3) is 5.69 Å². The summed E-state index contributed by atoms with van der Waals surface area (Å²) >= 11 is 5.18. The van der Waals surface area contributed by atoms with Gasteiger partial charge in [-0.25, -0.2) is 4.79 Å². The number of carbonyl (C=O) groups excluding carboxylic acids is 1. The summed E-state index contributed by atoms with van der Waals surface area (Å²) in [5, 5.41) is 28.9. The first-order valence-corrected chi connectivity index (χ1v) is 8.22. The molecule has 1 aliphatic rings. The summed E-state index contributed by atoms with van der Waals surface area (Å²) in [5.41, 5.74) is 0.768. The lowest BCUT2D eigenvalue weighted by Gasteiger charge is -2.31. The molecule has 0 spiro atoms. The molecule has 1 aliphatic heterocycles. The lowest BCUT2D eigenvalue weighted by atomic mass is 9.93. The van der Waals surface area contributed by atoms with Crippen LogP contribution in [0.3, 0.4) is 0 Å². The van der Waals surface area contributed by atoms with E-state index in [9.17, 15) is 20.0 Å². The molecule has 25 heavy (non-hydrogen) atoms. The minimum Gasteiger partial charge on any atom is -0.868 e. The maximum absolute atomic E-state index is 12.5. The number of nitro benzene ring substituents is 1. The fourth-order valence-corrected chi connectivity index (χ4v) is 2.86. The summed E-state index contributed by atoms with van der Waals surface area (Å²) < 4.78 is 5.13. The Morgan fingerprint density at radius 3 is 2.72 bits per heavy atom. The van der Waals surface area contributed by atoms with Crippen molar-refractivity contribution in [3.63, 3.8) is 0 Å². The number of hydrogen-bond acceptors (Lipinski definition) is 6. The van der Waals surface area contributed by atoms with Crippen molar-refractivity contribution in [1.29, 1.82) is 0 Å². The van der Waals surface area contributed by atoms with Crippen molar-refractivity contribution in [1.82, 2.24) is 10.6 Å². The van der Waals surface area contributed by atoms with E-state index >= 15 is 0 Å². The highest BCUT2D eigenvalue weighted by atomic mass is 32.1. The molecule has 9 heteroatoms. The fraction of sp³-hybridized carbons (Fsp3) is 0.375. The van der Waals surface area contributed by atoms with E-state index in [2.05, 4.69) is 10.6 Å². The second-order valence-corrected chi connectivity index (χ2v) is 5.79. The van der Waals surface area contributed by atoms with Gasteiger partial charge in [-0.05, 0) is 36.9 Å². The monoisotopic (exact) mass is 364 g/mol. The topological polar surface area (TPSA) is 117 Å². The van der Waals surface area contributed by atoms with Gasteiger partial charge in [0.1, 0.15) is 0 Å². The van der Waals surface area contributed by atoms with Gasteiger partial charge in [0, 0.05) is 11.8 Å². The van der Waals surface area contributed by atoms with Gasteiger partial charge in [-0.1, -0.05) is 25.5 Å². The molecular formula is C16H18N3O5S-. The molecular weight excluding hydrogens is 346 g/mol. The van der Waals surface area contributed by atoms with Crippen LogP contribution in [-0.2, 0) is 9.53 Å².